The van der Waals surface area contributed by atoms with Crippen molar-refractivity contribution in [3.63, 3.8) is 0 Å². The van der Waals surface area contributed by atoms with E-state index >= 15 is 0 Å². The van der Waals surface area contributed by atoms with Crippen molar-refractivity contribution in [2.75, 3.05) is 0 Å². The summed E-state index contributed by atoms with van der Waals surface area (Å²) in [5, 5.41) is 9.56. The third kappa shape index (κ3) is 5.28. The fourth-order valence-electron chi connectivity index (χ4n) is 10.0. The van der Waals surface area contributed by atoms with Gasteiger partial charge >= 0.3 is 0 Å². The Morgan fingerprint density at radius 2 is 0.850 bits per heavy atom. The third-order valence-electron chi connectivity index (χ3n) is 13.4. The Kier molecular flexibility index (Phi) is 7.38. The largest absolute Gasteiger partial charge is 0.309 e. The molecule has 3 heterocycles. The minimum absolute atomic E-state index is 0.116. The van der Waals surface area contributed by atoms with Gasteiger partial charge in [0.05, 0.1) is 22.1 Å². The number of hydrogen-bond acceptors (Lipinski definition) is 3. The van der Waals surface area contributed by atoms with Gasteiger partial charge in [-0.05, 0) is 111 Å². The zero-order valence-corrected chi connectivity index (χ0v) is 34.2. The van der Waals surface area contributed by atoms with Gasteiger partial charge < -0.3 is 4.57 Å². The predicted octanol–water partition coefficient (Wildman–Crippen LogP) is 14.1. The molecule has 5 nitrogen and oxygen atoms in total. The standard InChI is InChI=1S/C55H43N5/c1-54(2)27-28-55(3,4)46-33-50-44(32-45(46)54)43-17-9-10-18-47(43)59(50)40-26-25-36-30-39(24-22-37(36)31-40)52-56-51(38-23-21-34-13-5-6-14-35(34)29-38)57-53(58-52)60-48-19-11-7-15-41(48)42-16-8-12-20-49(42)60/h5-26,29-33H,27-28H2,1-4H3. The molecule has 0 amide bonds. The monoisotopic (exact) mass is 773 g/mol. The number of benzene rings is 8. The van der Waals surface area contributed by atoms with Crippen molar-refractivity contribution in [1.29, 1.82) is 0 Å². The molecule has 0 aliphatic heterocycles. The second-order valence-electron chi connectivity index (χ2n) is 18.0. The van der Waals surface area contributed by atoms with Crippen LogP contribution >= 0.6 is 0 Å². The maximum atomic E-state index is 5.26. The first kappa shape index (κ1) is 34.9. The lowest BCUT2D eigenvalue weighted by molar-refractivity contribution is 0.332. The number of aromatic nitrogens is 5. The second-order valence-corrected chi connectivity index (χ2v) is 18.0. The molecule has 5 heteroatoms. The lowest BCUT2D eigenvalue weighted by Crippen LogP contribution is -2.33. The number of para-hydroxylation sites is 3. The number of rotatable bonds is 4. The van der Waals surface area contributed by atoms with Gasteiger partial charge in [-0.15, -0.1) is 0 Å². The van der Waals surface area contributed by atoms with Gasteiger partial charge in [-0.3, -0.25) is 4.57 Å². The van der Waals surface area contributed by atoms with Crippen LogP contribution in [-0.2, 0) is 10.8 Å². The highest BCUT2D eigenvalue weighted by atomic mass is 15.2. The van der Waals surface area contributed by atoms with Gasteiger partial charge in [0.15, 0.2) is 11.6 Å². The van der Waals surface area contributed by atoms with Crippen LogP contribution in [0.5, 0.6) is 0 Å². The van der Waals surface area contributed by atoms with Crippen LogP contribution in [0.1, 0.15) is 51.7 Å². The number of nitrogens with zero attached hydrogens (tertiary/aromatic N) is 5. The lowest BCUT2D eigenvalue weighted by Gasteiger charge is -2.42. The summed E-state index contributed by atoms with van der Waals surface area (Å²) in [7, 11) is 0. The van der Waals surface area contributed by atoms with Gasteiger partial charge in [-0.25, -0.2) is 4.98 Å². The molecule has 0 spiro atoms. The first-order valence-electron chi connectivity index (χ1n) is 21.1. The Labute approximate surface area is 348 Å². The van der Waals surface area contributed by atoms with Crippen LogP contribution in [0.2, 0.25) is 0 Å². The molecule has 0 atom stereocenters. The van der Waals surface area contributed by atoms with E-state index < -0.39 is 0 Å². The van der Waals surface area contributed by atoms with Crippen LogP contribution in [0.25, 0.3) is 99.6 Å². The number of fused-ring (bicyclic) bond motifs is 9. The van der Waals surface area contributed by atoms with E-state index in [-0.39, 0.29) is 10.8 Å². The molecular formula is C55H43N5. The average molecular weight is 774 g/mol. The van der Waals surface area contributed by atoms with E-state index in [1.165, 1.54) is 61.9 Å². The molecule has 1 aliphatic carbocycles. The minimum Gasteiger partial charge on any atom is -0.309 e. The summed E-state index contributed by atoms with van der Waals surface area (Å²) in [4.78, 5) is 15.7. The summed E-state index contributed by atoms with van der Waals surface area (Å²) < 4.78 is 4.65. The molecule has 0 saturated carbocycles. The first-order chi connectivity index (χ1) is 29.2. The smallest absolute Gasteiger partial charge is 0.238 e. The quantitative estimate of drug-likeness (QED) is 0.179. The summed E-state index contributed by atoms with van der Waals surface area (Å²) in [5.74, 6) is 1.86. The van der Waals surface area contributed by atoms with E-state index in [0.29, 0.717) is 17.6 Å². The van der Waals surface area contributed by atoms with Gasteiger partial charge in [0, 0.05) is 38.4 Å². The van der Waals surface area contributed by atoms with Gasteiger partial charge in [0.1, 0.15) is 0 Å². The topological polar surface area (TPSA) is 48.5 Å². The Bertz CT molecular complexity index is 3510. The van der Waals surface area contributed by atoms with Crippen molar-refractivity contribution in [3.05, 3.63) is 175 Å². The van der Waals surface area contributed by atoms with E-state index in [4.69, 9.17) is 15.0 Å². The fraction of sp³-hybridized carbons (Fsp3) is 0.145. The molecule has 60 heavy (non-hydrogen) atoms. The Hall–Kier alpha value is -7.11. The molecule has 0 bridgehead atoms. The molecule has 0 fully saturated rings. The van der Waals surface area contributed by atoms with Crippen LogP contribution in [0.4, 0.5) is 0 Å². The van der Waals surface area contributed by atoms with E-state index in [0.717, 1.165) is 44.0 Å². The Morgan fingerprint density at radius 1 is 0.383 bits per heavy atom. The highest BCUT2D eigenvalue weighted by Gasteiger charge is 2.38. The summed E-state index contributed by atoms with van der Waals surface area (Å²) in [6, 6.07) is 59.2. The summed E-state index contributed by atoms with van der Waals surface area (Å²) >= 11 is 0. The summed E-state index contributed by atoms with van der Waals surface area (Å²) in [5.41, 5.74) is 10.9. The molecule has 0 unspecified atom stereocenters. The Balaban J connectivity index is 1.03. The van der Waals surface area contributed by atoms with Crippen LogP contribution in [0, 0.1) is 0 Å². The summed E-state index contributed by atoms with van der Waals surface area (Å²) in [6.07, 6.45) is 2.38. The molecule has 1 aliphatic rings. The van der Waals surface area contributed by atoms with Crippen molar-refractivity contribution < 1.29 is 0 Å². The van der Waals surface area contributed by atoms with Crippen LogP contribution < -0.4 is 0 Å². The lowest BCUT2D eigenvalue weighted by atomic mass is 9.63. The van der Waals surface area contributed by atoms with Gasteiger partial charge in [-0.2, -0.15) is 9.97 Å². The molecular weight excluding hydrogens is 731 g/mol. The van der Waals surface area contributed by atoms with Gasteiger partial charge in [0.25, 0.3) is 0 Å². The second kappa shape index (κ2) is 12.7. The van der Waals surface area contributed by atoms with Crippen LogP contribution in [-0.4, -0.2) is 24.1 Å². The van der Waals surface area contributed by atoms with Crippen LogP contribution in [0.15, 0.2) is 164 Å². The maximum absolute atomic E-state index is 5.26. The fourth-order valence-corrected chi connectivity index (χ4v) is 10.0. The van der Waals surface area contributed by atoms with Crippen molar-refractivity contribution >= 4 is 65.2 Å². The maximum Gasteiger partial charge on any atom is 0.238 e. The highest BCUT2D eigenvalue weighted by Crippen LogP contribution is 2.48. The van der Waals surface area contributed by atoms with E-state index in [9.17, 15) is 0 Å². The molecule has 11 aromatic rings. The molecule has 8 aromatic carbocycles. The van der Waals surface area contributed by atoms with E-state index in [2.05, 4.69) is 201 Å². The first-order valence-corrected chi connectivity index (χ1v) is 21.1. The molecule has 0 radical (unpaired) electrons. The van der Waals surface area contributed by atoms with E-state index in [1.54, 1.807) is 0 Å². The summed E-state index contributed by atoms with van der Waals surface area (Å²) in [6.45, 7) is 9.65. The van der Waals surface area contributed by atoms with E-state index in [1.807, 2.05) is 0 Å². The molecule has 3 aromatic heterocycles. The van der Waals surface area contributed by atoms with Crippen LogP contribution in [0.3, 0.4) is 0 Å². The molecule has 0 N–H and O–H groups in total. The molecule has 0 saturated heterocycles. The van der Waals surface area contributed by atoms with Gasteiger partial charge in [-0.1, -0.05) is 137 Å². The SMILES string of the molecule is CC1(C)CCC(C)(C)c2cc3c(cc21)c1ccccc1n3-c1ccc2cc(-c3nc(-c4ccc5ccccc5c4)nc(-n4c5ccccc5c5ccccc54)n3)ccc2c1. The van der Waals surface area contributed by atoms with Crippen molar-refractivity contribution in [2.45, 2.75) is 51.4 Å². The van der Waals surface area contributed by atoms with Crippen molar-refractivity contribution in [3.8, 4) is 34.4 Å². The van der Waals surface area contributed by atoms with Crippen molar-refractivity contribution in [1.82, 2.24) is 24.1 Å². The zero-order chi connectivity index (χ0) is 40.3. The minimum atomic E-state index is 0.116. The molecule has 12 rings (SSSR count). The average Bonchev–Trinajstić information content (AvgIpc) is 3.79. The predicted molar refractivity (Wildman–Crippen MR) is 250 cm³/mol. The zero-order valence-electron chi connectivity index (χ0n) is 34.2. The third-order valence-corrected chi connectivity index (χ3v) is 13.4. The number of hydrogen-bond donors (Lipinski definition) is 0. The Morgan fingerprint density at radius 3 is 1.48 bits per heavy atom. The normalized spacial score (nSPS) is 14.8. The van der Waals surface area contributed by atoms with Crippen molar-refractivity contribution in [2.24, 2.45) is 0 Å². The molecule has 288 valence electrons. The van der Waals surface area contributed by atoms with Gasteiger partial charge in [0.2, 0.25) is 5.95 Å². The highest BCUT2D eigenvalue weighted by molar-refractivity contribution is 6.11.